The van der Waals surface area contributed by atoms with E-state index in [1.54, 1.807) is 30.3 Å². The number of aliphatic hydroxyl groups is 2. The lowest BCUT2D eigenvalue weighted by molar-refractivity contribution is -0.0432. The third-order valence-corrected chi connectivity index (χ3v) is 4.36. The molecule has 0 bridgehead atoms. The summed E-state index contributed by atoms with van der Waals surface area (Å²) in [6.07, 6.45) is -1.75. The van der Waals surface area contributed by atoms with Crippen molar-refractivity contribution in [1.29, 1.82) is 0 Å². The van der Waals surface area contributed by atoms with Gasteiger partial charge in [0.15, 0.2) is 17.0 Å². The fourth-order valence-corrected chi connectivity index (χ4v) is 3.01. The summed E-state index contributed by atoms with van der Waals surface area (Å²) in [6.45, 7) is -0.341. The third-order valence-electron chi connectivity index (χ3n) is 4.36. The third kappa shape index (κ3) is 3.25. The quantitative estimate of drug-likeness (QED) is 0.580. The maximum atomic E-state index is 14.0. The second-order valence-electron chi connectivity index (χ2n) is 6.10. The lowest BCUT2D eigenvalue weighted by Gasteiger charge is -2.13. The van der Waals surface area contributed by atoms with Crippen LogP contribution in [0.5, 0.6) is 0 Å². The van der Waals surface area contributed by atoms with E-state index in [9.17, 15) is 19.4 Å². The number of aromatic nitrogens is 4. The number of benzene rings is 1. The summed E-state index contributed by atoms with van der Waals surface area (Å²) in [7, 11) is 0. The maximum absolute atomic E-state index is 14.0. The van der Waals surface area contributed by atoms with Gasteiger partial charge in [0.2, 0.25) is 0 Å². The molecule has 0 radical (unpaired) electrons. The number of carbonyl (C=O) groups is 1. The van der Waals surface area contributed by atoms with Gasteiger partial charge in [-0.05, 0) is 12.1 Å². The van der Waals surface area contributed by atoms with Gasteiger partial charge in [-0.2, -0.15) is 14.4 Å². The first-order valence-electron chi connectivity index (χ1n) is 8.27. The maximum Gasteiger partial charge on any atom is 0.312 e. The Morgan fingerprint density at radius 2 is 2.11 bits per heavy atom. The highest BCUT2D eigenvalue weighted by molar-refractivity contribution is 6.06. The summed E-state index contributed by atoms with van der Waals surface area (Å²) in [4.78, 5) is 23.9. The Hall–Kier alpha value is -2.95. The van der Waals surface area contributed by atoms with Crippen molar-refractivity contribution in [3.05, 3.63) is 48.3 Å². The second kappa shape index (κ2) is 6.99. The van der Waals surface area contributed by atoms with E-state index in [0.717, 1.165) is 0 Å². The monoisotopic (exact) mass is 373 g/mol. The number of ether oxygens (including phenoxy) is 1. The Bertz CT molecular complexity index is 980. The van der Waals surface area contributed by atoms with E-state index < -0.39 is 30.4 Å². The van der Waals surface area contributed by atoms with Crippen LogP contribution in [0.2, 0.25) is 0 Å². The average Bonchev–Trinajstić information content (AvgIpc) is 3.25. The zero-order chi connectivity index (χ0) is 19.0. The molecule has 0 spiro atoms. The first-order chi connectivity index (χ1) is 13.1. The molecule has 27 heavy (non-hydrogen) atoms. The molecular weight excluding hydrogens is 357 g/mol. The summed E-state index contributed by atoms with van der Waals surface area (Å²) < 4.78 is 21.0. The van der Waals surface area contributed by atoms with Gasteiger partial charge in [-0.25, -0.2) is 4.98 Å². The van der Waals surface area contributed by atoms with Crippen LogP contribution in [0.3, 0.4) is 0 Å². The standard InChI is InChI=1S/C17H16FN5O4/c18-17-21-14(20-16(26)9-4-2-1-3-5-9)13-15(22-17)23(8-19-13)12-6-10(25)11(7-24)27-12/h1-5,8,10-12,24-25H,6-7H2,(H,20,21,22,26)/t10?,11-,12-/m1/s1. The van der Waals surface area contributed by atoms with Crippen LogP contribution in [0, 0.1) is 6.08 Å². The zero-order valence-electron chi connectivity index (χ0n) is 14.0. The Morgan fingerprint density at radius 1 is 1.33 bits per heavy atom. The topological polar surface area (TPSA) is 122 Å². The molecule has 1 aliphatic rings. The molecule has 1 saturated heterocycles. The van der Waals surface area contributed by atoms with E-state index in [0.29, 0.717) is 5.56 Å². The zero-order valence-corrected chi connectivity index (χ0v) is 14.0. The minimum absolute atomic E-state index is 0.0673. The summed E-state index contributed by atoms with van der Waals surface area (Å²) >= 11 is 0. The van der Waals surface area contributed by atoms with Gasteiger partial charge in [0.1, 0.15) is 12.3 Å². The van der Waals surface area contributed by atoms with Crippen molar-refractivity contribution in [3.8, 4) is 0 Å². The number of imidazole rings is 1. The lowest BCUT2D eigenvalue weighted by Crippen LogP contribution is -2.24. The van der Waals surface area contributed by atoms with Gasteiger partial charge in [-0.3, -0.25) is 9.36 Å². The molecule has 10 heteroatoms. The largest absolute Gasteiger partial charge is 0.394 e. The van der Waals surface area contributed by atoms with Crippen LogP contribution in [-0.2, 0) is 4.74 Å². The Balaban J connectivity index is 1.68. The number of aliphatic hydroxyl groups excluding tert-OH is 2. The van der Waals surface area contributed by atoms with Gasteiger partial charge in [0.25, 0.3) is 5.91 Å². The number of amides is 1. The number of nitrogens with zero attached hydrogens (tertiary/aromatic N) is 4. The van der Waals surface area contributed by atoms with Crippen LogP contribution >= 0.6 is 0 Å². The van der Waals surface area contributed by atoms with E-state index in [4.69, 9.17) is 4.74 Å². The van der Waals surface area contributed by atoms with Gasteiger partial charge in [0.05, 0.1) is 19.0 Å². The highest BCUT2D eigenvalue weighted by Gasteiger charge is 2.35. The van der Waals surface area contributed by atoms with E-state index in [1.807, 2.05) is 0 Å². The highest BCUT2D eigenvalue weighted by atomic mass is 19.1. The molecule has 140 valence electrons. The second-order valence-corrected chi connectivity index (χ2v) is 6.10. The summed E-state index contributed by atoms with van der Waals surface area (Å²) in [6, 6.07) is 8.42. The van der Waals surface area contributed by atoms with Crippen LogP contribution in [0.1, 0.15) is 23.0 Å². The van der Waals surface area contributed by atoms with Crippen molar-refractivity contribution in [3.63, 3.8) is 0 Å². The van der Waals surface area contributed by atoms with Crippen molar-refractivity contribution in [2.45, 2.75) is 24.9 Å². The van der Waals surface area contributed by atoms with Crippen LogP contribution in [-0.4, -0.2) is 54.5 Å². The minimum atomic E-state index is -1.04. The molecule has 1 aromatic carbocycles. The van der Waals surface area contributed by atoms with Crippen LogP contribution in [0.15, 0.2) is 36.7 Å². The molecule has 4 rings (SSSR count). The Labute approximate surface area is 152 Å². The number of nitrogens with one attached hydrogen (secondary N) is 1. The summed E-state index contributed by atoms with van der Waals surface area (Å²) in [5.74, 6) is -0.528. The molecule has 1 amide bonds. The SMILES string of the molecule is O=C(Nc1nc(F)nc2c1ncn2[C@H]1CC(O)[C@@H](CO)O1)c1ccccc1. The molecule has 3 aromatic rings. The summed E-state index contributed by atoms with van der Waals surface area (Å²) in [5.41, 5.74) is 0.685. The number of fused-ring (bicyclic) bond motifs is 1. The van der Waals surface area contributed by atoms with Crippen molar-refractivity contribution in [2.24, 2.45) is 0 Å². The van der Waals surface area contributed by atoms with Crippen LogP contribution < -0.4 is 5.32 Å². The Morgan fingerprint density at radius 3 is 2.81 bits per heavy atom. The van der Waals surface area contributed by atoms with E-state index in [1.165, 1.54) is 10.9 Å². The molecule has 0 saturated carbocycles. The number of hydrogen-bond acceptors (Lipinski definition) is 7. The number of halogens is 1. The van der Waals surface area contributed by atoms with Gasteiger partial charge in [-0.15, -0.1) is 0 Å². The van der Waals surface area contributed by atoms with E-state index in [-0.39, 0.29) is 30.0 Å². The van der Waals surface area contributed by atoms with Crippen molar-refractivity contribution >= 4 is 22.9 Å². The number of rotatable bonds is 4. The van der Waals surface area contributed by atoms with Gasteiger partial charge in [-0.1, -0.05) is 18.2 Å². The number of hydrogen-bond donors (Lipinski definition) is 3. The molecule has 0 aliphatic carbocycles. The fraction of sp³-hybridized carbons (Fsp3) is 0.294. The molecule has 1 fully saturated rings. The predicted octanol–water partition coefficient (Wildman–Crippen LogP) is 0.858. The molecule has 3 atom stereocenters. The Kier molecular flexibility index (Phi) is 4.52. The van der Waals surface area contributed by atoms with Gasteiger partial charge >= 0.3 is 6.08 Å². The predicted molar refractivity (Wildman–Crippen MR) is 91.3 cm³/mol. The van der Waals surface area contributed by atoms with E-state index in [2.05, 4.69) is 20.3 Å². The first kappa shape index (κ1) is 17.5. The number of anilines is 1. The van der Waals surface area contributed by atoms with Gasteiger partial charge in [0, 0.05) is 12.0 Å². The molecule has 1 unspecified atom stereocenters. The van der Waals surface area contributed by atoms with Crippen molar-refractivity contribution in [2.75, 3.05) is 11.9 Å². The normalized spacial score (nSPS) is 22.3. The lowest BCUT2D eigenvalue weighted by atomic mass is 10.2. The van der Waals surface area contributed by atoms with Crippen molar-refractivity contribution < 1.29 is 24.1 Å². The molecular formula is C17H16FN5O4. The summed E-state index contributed by atoms with van der Waals surface area (Å²) in [5, 5.41) is 21.7. The molecule has 2 aromatic heterocycles. The number of carbonyl (C=O) groups excluding carboxylic acids is 1. The molecule has 9 nitrogen and oxygen atoms in total. The van der Waals surface area contributed by atoms with Crippen molar-refractivity contribution in [1.82, 2.24) is 19.5 Å². The highest BCUT2D eigenvalue weighted by Crippen LogP contribution is 2.31. The van der Waals surface area contributed by atoms with Crippen LogP contribution in [0.4, 0.5) is 10.2 Å². The van der Waals surface area contributed by atoms with Gasteiger partial charge < -0.3 is 20.3 Å². The van der Waals surface area contributed by atoms with Crippen LogP contribution in [0.25, 0.3) is 11.2 Å². The average molecular weight is 373 g/mol. The molecule has 1 aliphatic heterocycles. The first-order valence-corrected chi connectivity index (χ1v) is 8.27. The smallest absolute Gasteiger partial charge is 0.312 e. The van der Waals surface area contributed by atoms with E-state index >= 15 is 0 Å². The molecule has 3 heterocycles. The molecule has 3 N–H and O–H groups in total. The minimum Gasteiger partial charge on any atom is -0.394 e. The fourth-order valence-electron chi connectivity index (χ4n) is 3.01.